The number of likely N-dealkylation sites (tertiary alicyclic amines) is 1. The molecule has 3 aromatic rings. The Morgan fingerprint density at radius 2 is 1.83 bits per heavy atom. The van der Waals surface area contributed by atoms with Gasteiger partial charge in [0.2, 0.25) is 21.8 Å². The number of allylic oxidation sites excluding steroid dienone is 1. The fraction of sp³-hybridized carbons (Fsp3) is 0.429. The number of carbonyl (C=O) groups excluding carboxylic acids is 3. The average Bonchev–Trinajstić information content (AvgIpc) is 3.78. The van der Waals surface area contributed by atoms with E-state index in [-0.39, 0.29) is 29.1 Å². The maximum absolute atomic E-state index is 13.5. The highest BCUT2D eigenvalue weighted by Crippen LogP contribution is 2.32. The molecule has 2 aliphatic heterocycles. The van der Waals surface area contributed by atoms with Gasteiger partial charge in [0.15, 0.2) is 0 Å². The second-order valence-corrected chi connectivity index (χ2v) is 14.4. The number of nitrogens with one attached hydrogen (secondary N) is 3. The second-order valence-electron chi connectivity index (χ2n) is 12.7. The van der Waals surface area contributed by atoms with E-state index in [0.717, 1.165) is 18.4 Å². The van der Waals surface area contributed by atoms with Crippen LogP contribution in [-0.4, -0.2) is 74.4 Å². The molecule has 48 heavy (non-hydrogen) atoms. The summed E-state index contributed by atoms with van der Waals surface area (Å²) in [6, 6.07) is 10.7. The smallest absolute Gasteiger partial charge is 0.270 e. The average molecular weight is 678 g/mol. The topological polar surface area (TPSA) is 147 Å². The maximum Gasteiger partial charge on any atom is 0.270 e. The number of ether oxygens (including phenoxy) is 1. The number of carbonyl (C=O) groups is 3. The van der Waals surface area contributed by atoms with Crippen molar-refractivity contribution < 1.29 is 31.9 Å². The first-order valence-electron chi connectivity index (χ1n) is 16.4. The molecule has 6 rings (SSSR count). The third-order valence-electron chi connectivity index (χ3n) is 9.07. The van der Waals surface area contributed by atoms with Crippen molar-refractivity contribution >= 4 is 44.7 Å². The van der Waals surface area contributed by atoms with Crippen LogP contribution in [0.4, 0.5) is 4.39 Å². The van der Waals surface area contributed by atoms with Crippen LogP contribution in [0, 0.1) is 11.7 Å². The highest BCUT2D eigenvalue weighted by atomic mass is 32.2. The molecular weight excluding hydrogens is 637 g/mol. The van der Waals surface area contributed by atoms with Gasteiger partial charge in [0.1, 0.15) is 17.6 Å². The molecule has 11 nitrogen and oxygen atoms in total. The number of benzene rings is 2. The summed E-state index contributed by atoms with van der Waals surface area (Å²) in [7, 11) is -3.76. The number of sulfonamides is 1. The lowest BCUT2D eigenvalue weighted by Gasteiger charge is -2.26. The third-order valence-corrected chi connectivity index (χ3v) is 10.6. The summed E-state index contributed by atoms with van der Waals surface area (Å²) in [6.07, 6.45) is 8.54. The third kappa shape index (κ3) is 8.08. The van der Waals surface area contributed by atoms with Crippen LogP contribution >= 0.6 is 0 Å². The molecule has 1 aliphatic carbocycles. The van der Waals surface area contributed by atoms with Gasteiger partial charge < -0.3 is 20.3 Å². The predicted molar refractivity (Wildman–Crippen MR) is 178 cm³/mol. The number of hydrogen-bond acceptors (Lipinski definition) is 7. The minimum Gasteiger partial charge on any atom is -0.381 e. The van der Waals surface area contributed by atoms with Gasteiger partial charge in [0.25, 0.3) is 5.91 Å². The van der Waals surface area contributed by atoms with Crippen molar-refractivity contribution in [3.8, 4) is 0 Å². The summed E-state index contributed by atoms with van der Waals surface area (Å²) in [5.74, 6) is -1.21. The molecule has 3 aliphatic rings. The van der Waals surface area contributed by atoms with Crippen LogP contribution < -0.4 is 15.4 Å². The maximum atomic E-state index is 13.5. The second kappa shape index (κ2) is 14.5. The Morgan fingerprint density at radius 1 is 1.04 bits per heavy atom. The SMILES string of the molecule is C[C@H](NC(=O)[C@@H]1CCCN1C(=O)CNC(=O)c1ccc2cc(F)ccc2n1)c1ccc(S(=O)(=O)NC2CCOCC2)cc1/C=C/C1CC1. The van der Waals surface area contributed by atoms with Crippen LogP contribution in [0.5, 0.6) is 0 Å². The molecule has 1 saturated carbocycles. The molecule has 2 saturated heterocycles. The van der Waals surface area contributed by atoms with Gasteiger partial charge in [-0.2, -0.15) is 0 Å². The van der Waals surface area contributed by atoms with E-state index >= 15 is 0 Å². The van der Waals surface area contributed by atoms with Crippen molar-refractivity contribution in [3.05, 3.63) is 77.2 Å². The molecular formula is C35H40FN5O6S. The van der Waals surface area contributed by atoms with Crippen molar-refractivity contribution in [1.82, 2.24) is 25.2 Å². The summed E-state index contributed by atoms with van der Waals surface area (Å²) in [4.78, 5) is 45.4. The Bertz CT molecular complexity index is 1840. The quantitative estimate of drug-likeness (QED) is 0.280. The van der Waals surface area contributed by atoms with E-state index in [1.165, 1.54) is 29.2 Å². The fourth-order valence-corrected chi connectivity index (χ4v) is 7.53. The van der Waals surface area contributed by atoms with Crippen LogP contribution in [0.2, 0.25) is 0 Å². The Hall–Kier alpha value is -4.20. The molecule has 0 radical (unpaired) electrons. The molecule has 3 heterocycles. The predicted octanol–water partition coefficient (Wildman–Crippen LogP) is 3.85. The van der Waals surface area contributed by atoms with Gasteiger partial charge in [0.05, 0.1) is 23.0 Å². The van der Waals surface area contributed by atoms with Crippen LogP contribution in [0.3, 0.4) is 0 Å². The molecule has 0 bridgehead atoms. The van der Waals surface area contributed by atoms with Crippen molar-refractivity contribution in [2.75, 3.05) is 26.3 Å². The number of hydrogen-bond donors (Lipinski definition) is 3. The van der Waals surface area contributed by atoms with E-state index in [4.69, 9.17) is 4.74 Å². The first kappa shape index (κ1) is 33.7. The van der Waals surface area contributed by atoms with Crippen LogP contribution in [-0.2, 0) is 24.3 Å². The number of nitrogens with zero attached hydrogens (tertiary/aromatic N) is 2. The normalized spacial score (nSPS) is 19.5. The highest BCUT2D eigenvalue weighted by molar-refractivity contribution is 7.89. The minimum absolute atomic E-state index is 0.0937. The molecule has 2 atom stereocenters. The Balaban J connectivity index is 1.10. The zero-order valence-corrected chi connectivity index (χ0v) is 27.6. The van der Waals surface area contributed by atoms with E-state index in [0.29, 0.717) is 67.8 Å². The van der Waals surface area contributed by atoms with Crippen LogP contribution in [0.25, 0.3) is 17.0 Å². The number of rotatable bonds is 11. The summed E-state index contributed by atoms with van der Waals surface area (Å²) in [5.41, 5.74) is 2.02. The standard InChI is InChI=1S/C35H40FN5O6S/c1-22(29-11-10-28(20-24(29)7-6-23-4-5-23)48(45,46)40-27-14-17-47-18-15-27)38-35(44)32-3-2-16-41(32)33(42)21-37-34(43)31-12-8-25-19-26(36)9-13-30(25)39-31/h6-13,19-20,22-23,27,32,40H,2-5,14-18,21H2,1H3,(H,37,43)(H,38,44)/b7-6+/t22-,32-/m0/s1. The molecule has 3 N–H and O–H groups in total. The van der Waals surface area contributed by atoms with E-state index in [1.807, 2.05) is 13.0 Å². The van der Waals surface area contributed by atoms with Gasteiger partial charge in [-0.25, -0.2) is 22.5 Å². The van der Waals surface area contributed by atoms with Crippen molar-refractivity contribution in [3.63, 3.8) is 0 Å². The molecule has 13 heteroatoms. The molecule has 2 aromatic carbocycles. The van der Waals surface area contributed by atoms with E-state index in [1.54, 1.807) is 24.3 Å². The summed E-state index contributed by atoms with van der Waals surface area (Å²) < 4.78 is 48.1. The van der Waals surface area contributed by atoms with E-state index in [9.17, 15) is 27.2 Å². The summed E-state index contributed by atoms with van der Waals surface area (Å²) in [6.45, 7) is 2.94. The molecule has 3 fully saturated rings. The Labute approximate surface area is 279 Å². The zero-order chi connectivity index (χ0) is 33.8. The first-order valence-corrected chi connectivity index (χ1v) is 17.9. The number of aromatic nitrogens is 1. The van der Waals surface area contributed by atoms with Gasteiger partial charge in [-0.1, -0.05) is 24.3 Å². The number of amides is 3. The minimum atomic E-state index is -3.76. The van der Waals surface area contributed by atoms with E-state index in [2.05, 4.69) is 26.4 Å². The monoisotopic (exact) mass is 677 g/mol. The number of pyridine rings is 1. The zero-order valence-electron chi connectivity index (χ0n) is 26.8. The van der Waals surface area contributed by atoms with Crippen LogP contribution in [0.1, 0.15) is 73.1 Å². The van der Waals surface area contributed by atoms with Crippen molar-refractivity contribution in [2.45, 2.75) is 68.5 Å². The first-order chi connectivity index (χ1) is 23.1. The molecule has 0 unspecified atom stereocenters. The molecule has 3 amide bonds. The highest BCUT2D eigenvalue weighted by Gasteiger charge is 2.35. The molecule has 254 valence electrons. The lowest BCUT2D eigenvalue weighted by Crippen LogP contribution is -2.49. The lowest BCUT2D eigenvalue weighted by molar-refractivity contribution is -0.137. The van der Waals surface area contributed by atoms with Gasteiger partial charge in [0, 0.05) is 31.2 Å². The Kier molecular flexibility index (Phi) is 10.2. The molecule has 0 spiro atoms. The lowest BCUT2D eigenvalue weighted by atomic mass is 10.00. The number of halogens is 1. The van der Waals surface area contributed by atoms with Gasteiger partial charge in [-0.3, -0.25) is 14.4 Å². The fourth-order valence-electron chi connectivity index (χ4n) is 6.19. The summed E-state index contributed by atoms with van der Waals surface area (Å²) >= 11 is 0. The largest absolute Gasteiger partial charge is 0.381 e. The van der Waals surface area contributed by atoms with E-state index < -0.39 is 39.7 Å². The molecule has 1 aromatic heterocycles. The number of fused-ring (bicyclic) bond motifs is 1. The van der Waals surface area contributed by atoms with Crippen LogP contribution in [0.15, 0.2) is 59.5 Å². The van der Waals surface area contributed by atoms with Gasteiger partial charge in [-0.05, 0) is 98.9 Å². The Morgan fingerprint density at radius 3 is 2.60 bits per heavy atom. The van der Waals surface area contributed by atoms with Crippen molar-refractivity contribution in [2.24, 2.45) is 5.92 Å². The van der Waals surface area contributed by atoms with Gasteiger partial charge in [-0.15, -0.1) is 0 Å². The van der Waals surface area contributed by atoms with Crippen molar-refractivity contribution in [1.29, 1.82) is 0 Å². The summed E-state index contributed by atoms with van der Waals surface area (Å²) in [5, 5.41) is 6.18. The van der Waals surface area contributed by atoms with Gasteiger partial charge >= 0.3 is 0 Å².